The van der Waals surface area contributed by atoms with Crippen molar-refractivity contribution < 1.29 is 14.8 Å². The summed E-state index contributed by atoms with van der Waals surface area (Å²) < 4.78 is 2.08. The molecule has 4 aromatic rings. The summed E-state index contributed by atoms with van der Waals surface area (Å²) in [5, 5.41) is 29.1. The van der Waals surface area contributed by atoms with Crippen LogP contribution < -0.4 is 0 Å². The largest absolute Gasteiger partial charge is 0.477 e. The minimum absolute atomic E-state index is 0.0404. The molecule has 174 valence electrons. The van der Waals surface area contributed by atoms with Crippen LogP contribution in [0.5, 0.6) is 0 Å². The van der Waals surface area contributed by atoms with E-state index in [2.05, 4.69) is 19.7 Å². The van der Waals surface area contributed by atoms with Gasteiger partial charge in [-0.05, 0) is 42.8 Å². The number of hydrogen-bond donors (Lipinski definition) is 2. The molecule has 0 atom stereocenters. The van der Waals surface area contributed by atoms with Gasteiger partial charge in [0.05, 0.1) is 4.92 Å². The molecule has 2 N–H and O–H groups in total. The van der Waals surface area contributed by atoms with Crippen molar-refractivity contribution >= 4 is 40.4 Å². The zero-order valence-corrected chi connectivity index (χ0v) is 19.5. The Labute approximate surface area is 199 Å². The number of nitrogens with zero attached hydrogens (tertiary/aromatic N) is 4. The number of fused-ring (bicyclic) bond motifs is 1. The van der Waals surface area contributed by atoms with Crippen LogP contribution in [0.15, 0.2) is 58.6 Å². The molecule has 2 heterocycles. The van der Waals surface area contributed by atoms with Crippen molar-refractivity contribution in [2.45, 2.75) is 38.4 Å². The number of hydrogen-bond acceptors (Lipinski definition) is 6. The number of aromatic nitrogens is 4. The second-order valence-electron chi connectivity index (χ2n) is 7.76. The Bertz CT molecular complexity index is 1390. The van der Waals surface area contributed by atoms with E-state index < -0.39 is 10.9 Å². The molecule has 10 heteroatoms. The molecule has 0 aliphatic rings. The molecule has 0 bridgehead atoms. The van der Waals surface area contributed by atoms with Gasteiger partial charge >= 0.3 is 5.97 Å². The average molecular weight is 478 g/mol. The first-order valence-corrected chi connectivity index (χ1v) is 11.5. The fraction of sp³-hybridized carbons (Fsp3) is 0.208. The Morgan fingerprint density at radius 1 is 1.24 bits per heavy atom. The van der Waals surface area contributed by atoms with Crippen LogP contribution in [-0.4, -0.2) is 35.7 Å². The topological polar surface area (TPSA) is 127 Å². The summed E-state index contributed by atoms with van der Waals surface area (Å²) in [5.41, 5.74) is 3.58. The fourth-order valence-electron chi connectivity index (χ4n) is 3.79. The second kappa shape index (κ2) is 9.92. The second-order valence-corrected chi connectivity index (χ2v) is 8.77. The zero-order valence-electron chi connectivity index (χ0n) is 18.7. The standard InChI is InChI=1S/C24H23N5O4S/c1-3-6-22-25-24(27-26-22)34-21(23(30)31)13-19-15(2)28(20-8-5-4-7-18(19)20)14-16-9-11-17(12-10-16)29(32)33/h4-5,7-13H,3,6,14H2,1-2H3,(H,30,31)(H,25,26,27)/b21-13-. The number of nitro groups is 1. The summed E-state index contributed by atoms with van der Waals surface area (Å²) in [5.74, 6) is -0.330. The Morgan fingerprint density at radius 3 is 2.65 bits per heavy atom. The maximum Gasteiger partial charge on any atom is 0.342 e. The molecule has 0 fully saturated rings. The molecule has 0 radical (unpaired) electrons. The summed E-state index contributed by atoms with van der Waals surface area (Å²) in [4.78, 5) is 27.1. The highest BCUT2D eigenvalue weighted by Crippen LogP contribution is 2.32. The van der Waals surface area contributed by atoms with Crippen molar-refractivity contribution in [1.82, 2.24) is 19.7 Å². The Hall–Kier alpha value is -3.92. The lowest BCUT2D eigenvalue weighted by molar-refractivity contribution is -0.384. The summed E-state index contributed by atoms with van der Waals surface area (Å²) in [6, 6.07) is 14.2. The molecule has 0 saturated carbocycles. The Balaban J connectivity index is 1.72. The molecule has 2 aromatic carbocycles. The smallest absolute Gasteiger partial charge is 0.342 e. The van der Waals surface area contributed by atoms with E-state index in [0.29, 0.717) is 11.7 Å². The van der Waals surface area contributed by atoms with Crippen LogP contribution in [0.25, 0.3) is 17.0 Å². The monoisotopic (exact) mass is 477 g/mol. The molecule has 0 saturated heterocycles. The molecular weight excluding hydrogens is 454 g/mol. The van der Waals surface area contributed by atoms with Gasteiger partial charge in [0.1, 0.15) is 10.7 Å². The number of para-hydroxylation sites is 1. The maximum atomic E-state index is 12.1. The first-order valence-electron chi connectivity index (χ1n) is 10.7. The highest BCUT2D eigenvalue weighted by atomic mass is 32.2. The summed E-state index contributed by atoms with van der Waals surface area (Å²) in [6.07, 6.45) is 3.32. The molecule has 0 aliphatic heterocycles. The number of carbonyl (C=O) groups is 1. The quantitative estimate of drug-likeness (QED) is 0.147. The van der Waals surface area contributed by atoms with Gasteiger partial charge in [0.15, 0.2) is 0 Å². The number of H-pyrrole nitrogens is 1. The van der Waals surface area contributed by atoms with E-state index in [1.807, 2.05) is 38.1 Å². The van der Waals surface area contributed by atoms with Crippen molar-refractivity contribution in [2.75, 3.05) is 0 Å². The minimum atomic E-state index is -1.06. The molecule has 0 spiro atoms. The van der Waals surface area contributed by atoms with E-state index in [1.54, 1.807) is 18.2 Å². The number of rotatable bonds is 9. The van der Waals surface area contributed by atoms with Crippen LogP contribution in [0.2, 0.25) is 0 Å². The molecule has 0 aliphatic carbocycles. The summed E-state index contributed by atoms with van der Waals surface area (Å²) in [6.45, 7) is 4.47. The number of thioether (sulfide) groups is 1. The summed E-state index contributed by atoms with van der Waals surface area (Å²) in [7, 11) is 0. The van der Waals surface area contributed by atoms with Gasteiger partial charge in [-0.3, -0.25) is 15.2 Å². The number of benzene rings is 2. The minimum Gasteiger partial charge on any atom is -0.477 e. The van der Waals surface area contributed by atoms with Gasteiger partial charge in [0.25, 0.3) is 5.69 Å². The van der Waals surface area contributed by atoms with Gasteiger partial charge in [-0.25, -0.2) is 9.78 Å². The van der Waals surface area contributed by atoms with Crippen molar-refractivity contribution in [3.63, 3.8) is 0 Å². The average Bonchev–Trinajstić information content (AvgIpc) is 3.37. The number of carboxylic acids is 1. The van der Waals surface area contributed by atoms with Crippen molar-refractivity contribution in [1.29, 1.82) is 0 Å². The van der Waals surface area contributed by atoms with Crippen LogP contribution >= 0.6 is 11.8 Å². The Morgan fingerprint density at radius 2 is 1.97 bits per heavy atom. The van der Waals surface area contributed by atoms with E-state index in [9.17, 15) is 20.0 Å². The van der Waals surface area contributed by atoms with E-state index in [-0.39, 0.29) is 10.6 Å². The number of aromatic amines is 1. The van der Waals surface area contributed by atoms with Crippen LogP contribution in [0.1, 0.15) is 36.0 Å². The first kappa shape index (κ1) is 23.2. The van der Waals surface area contributed by atoms with Gasteiger partial charge in [-0.15, -0.1) is 5.10 Å². The van der Waals surface area contributed by atoms with Crippen LogP contribution in [-0.2, 0) is 17.8 Å². The van der Waals surface area contributed by atoms with Crippen molar-refractivity contribution in [3.05, 3.63) is 86.2 Å². The van der Waals surface area contributed by atoms with Gasteiger partial charge < -0.3 is 9.67 Å². The number of carboxylic acid groups (broad SMARTS) is 1. The van der Waals surface area contributed by atoms with Gasteiger partial charge in [0.2, 0.25) is 5.16 Å². The fourth-order valence-corrected chi connectivity index (χ4v) is 4.49. The molecule has 2 aromatic heterocycles. The maximum absolute atomic E-state index is 12.1. The molecule has 4 rings (SSSR count). The normalized spacial score (nSPS) is 11.8. The van der Waals surface area contributed by atoms with Gasteiger partial charge in [0, 0.05) is 47.3 Å². The first-order chi connectivity index (χ1) is 16.4. The lowest BCUT2D eigenvalue weighted by Crippen LogP contribution is -2.02. The highest BCUT2D eigenvalue weighted by Gasteiger charge is 2.18. The molecule has 9 nitrogen and oxygen atoms in total. The summed E-state index contributed by atoms with van der Waals surface area (Å²) >= 11 is 1.01. The number of aryl methyl sites for hydroxylation is 1. The number of aliphatic carboxylic acids is 1. The lowest BCUT2D eigenvalue weighted by Gasteiger charge is -2.09. The van der Waals surface area contributed by atoms with Gasteiger partial charge in [-0.2, -0.15) is 0 Å². The van der Waals surface area contributed by atoms with E-state index in [1.165, 1.54) is 12.1 Å². The number of nitrogens with one attached hydrogen (secondary N) is 1. The Kier molecular flexibility index (Phi) is 6.78. The third kappa shape index (κ3) is 4.86. The van der Waals surface area contributed by atoms with Crippen LogP contribution in [0, 0.1) is 17.0 Å². The highest BCUT2D eigenvalue weighted by molar-refractivity contribution is 8.04. The third-order valence-electron chi connectivity index (χ3n) is 5.45. The zero-order chi connectivity index (χ0) is 24.2. The predicted molar refractivity (Wildman–Crippen MR) is 131 cm³/mol. The number of nitro benzene ring substituents is 1. The van der Waals surface area contributed by atoms with E-state index >= 15 is 0 Å². The molecule has 0 unspecified atom stereocenters. The molecular formula is C24H23N5O4S. The third-order valence-corrected chi connectivity index (χ3v) is 6.33. The van der Waals surface area contributed by atoms with Gasteiger partial charge in [-0.1, -0.05) is 37.3 Å². The van der Waals surface area contributed by atoms with E-state index in [0.717, 1.165) is 58.2 Å². The molecule has 0 amide bonds. The van der Waals surface area contributed by atoms with Crippen molar-refractivity contribution in [3.8, 4) is 0 Å². The molecule has 34 heavy (non-hydrogen) atoms. The predicted octanol–water partition coefficient (Wildman–Crippen LogP) is 5.19. The van der Waals surface area contributed by atoms with Crippen molar-refractivity contribution in [2.24, 2.45) is 0 Å². The SMILES string of the molecule is CCCc1nc(S/C(=C\c2c(C)n(Cc3ccc([N+](=O)[O-])cc3)c3ccccc23)C(=O)O)n[nH]1. The van der Waals surface area contributed by atoms with Crippen LogP contribution in [0.4, 0.5) is 5.69 Å². The van der Waals surface area contributed by atoms with E-state index in [4.69, 9.17) is 0 Å². The number of non-ortho nitro benzene ring substituents is 1. The lowest BCUT2D eigenvalue weighted by atomic mass is 10.1. The van der Waals surface area contributed by atoms with Crippen LogP contribution in [0.3, 0.4) is 0 Å².